The zero-order valence-electron chi connectivity index (χ0n) is 17.5. The van der Waals surface area contributed by atoms with Crippen LogP contribution in [-0.2, 0) is 16.4 Å². The lowest BCUT2D eigenvalue weighted by Gasteiger charge is -2.18. The molecule has 29 heavy (non-hydrogen) atoms. The number of aryl methyl sites for hydroxylation is 2. The molecular formula is C21H30IN3O3S. The molecule has 2 N–H and O–H groups in total. The van der Waals surface area contributed by atoms with Gasteiger partial charge >= 0.3 is 0 Å². The minimum Gasteiger partial charge on any atom is -0.489 e. The van der Waals surface area contributed by atoms with Gasteiger partial charge in [0.1, 0.15) is 11.9 Å². The molecule has 0 amide bonds. The first-order valence-electron chi connectivity index (χ1n) is 9.16. The number of halogens is 1. The van der Waals surface area contributed by atoms with Crippen LogP contribution >= 0.6 is 24.0 Å². The van der Waals surface area contributed by atoms with Crippen LogP contribution in [0.15, 0.2) is 52.4 Å². The van der Waals surface area contributed by atoms with Gasteiger partial charge in [-0.15, -0.1) is 24.0 Å². The van der Waals surface area contributed by atoms with Crippen molar-refractivity contribution >= 4 is 39.8 Å². The number of hydrogen-bond acceptors (Lipinski definition) is 4. The van der Waals surface area contributed by atoms with Gasteiger partial charge in [-0.3, -0.25) is 4.99 Å². The molecule has 2 aromatic carbocycles. The van der Waals surface area contributed by atoms with E-state index in [9.17, 15) is 8.42 Å². The molecule has 0 saturated heterocycles. The van der Waals surface area contributed by atoms with E-state index in [-0.39, 0.29) is 30.1 Å². The summed E-state index contributed by atoms with van der Waals surface area (Å²) in [7, 11) is -1.50. The van der Waals surface area contributed by atoms with Crippen LogP contribution in [0, 0.1) is 13.8 Å². The van der Waals surface area contributed by atoms with Gasteiger partial charge in [-0.25, -0.2) is 8.42 Å². The minimum absolute atomic E-state index is 0. The van der Waals surface area contributed by atoms with E-state index >= 15 is 0 Å². The predicted octanol–water partition coefficient (Wildman–Crippen LogP) is 3.46. The summed E-state index contributed by atoms with van der Waals surface area (Å²) >= 11 is 0. The fourth-order valence-electron chi connectivity index (χ4n) is 2.85. The molecule has 8 heteroatoms. The van der Waals surface area contributed by atoms with Crippen molar-refractivity contribution in [2.75, 3.05) is 19.8 Å². The Hall–Kier alpha value is -1.81. The zero-order valence-corrected chi connectivity index (χ0v) is 20.7. The highest BCUT2D eigenvalue weighted by atomic mass is 127. The van der Waals surface area contributed by atoms with Crippen LogP contribution in [0.3, 0.4) is 0 Å². The second-order valence-electron chi connectivity index (χ2n) is 6.92. The molecule has 0 aliphatic carbocycles. The zero-order chi connectivity index (χ0) is 20.7. The van der Waals surface area contributed by atoms with Crippen molar-refractivity contribution in [1.82, 2.24) is 10.6 Å². The van der Waals surface area contributed by atoms with Crippen LogP contribution in [0.1, 0.15) is 23.6 Å². The molecule has 0 heterocycles. The molecule has 1 atom stereocenters. The topological polar surface area (TPSA) is 79.8 Å². The number of nitrogens with zero attached hydrogens (tertiary/aromatic N) is 1. The third kappa shape index (κ3) is 8.22. The van der Waals surface area contributed by atoms with Crippen LogP contribution in [-0.4, -0.2) is 40.3 Å². The molecule has 0 aliphatic heterocycles. The lowest BCUT2D eigenvalue weighted by molar-refractivity contribution is 0.223. The highest BCUT2D eigenvalue weighted by Gasteiger charge is 2.11. The third-order valence-electron chi connectivity index (χ3n) is 4.21. The molecule has 160 valence electrons. The molecule has 0 aliphatic rings. The van der Waals surface area contributed by atoms with Crippen molar-refractivity contribution < 1.29 is 13.2 Å². The van der Waals surface area contributed by atoms with Gasteiger partial charge in [0.05, 0.1) is 11.4 Å². The molecule has 1 unspecified atom stereocenters. The lowest BCUT2D eigenvalue weighted by atomic mass is 10.1. The molecule has 0 fully saturated rings. The second kappa shape index (κ2) is 11.4. The number of nitrogens with one attached hydrogen (secondary N) is 2. The lowest BCUT2D eigenvalue weighted by Crippen LogP contribution is -2.41. The summed E-state index contributed by atoms with van der Waals surface area (Å²) in [6.07, 6.45) is 1.19. The Morgan fingerprint density at radius 2 is 1.86 bits per heavy atom. The van der Waals surface area contributed by atoms with Crippen molar-refractivity contribution in [3.05, 3.63) is 59.2 Å². The van der Waals surface area contributed by atoms with Gasteiger partial charge in [0.2, 0.25) is 0 Å². The van der Waals surface area contributed by atoms with E-state index < -0.39 is 9.84 Å². The summed E-state index contributed by atoms with van der Waals surface area (Å²) in [6.45, 7) is 6.97. The fourth-order valence-corrected chi connectivity index (χ4v) is 3.81. The summed E-state index contributed by atoms with van der Waals surface area (Å²) in [6, 6.07) is 13.3. The van der Waals surface area contributed by atoms with Crippen LogP contribution in [0.25, 0.3) is 0 Å². The number of sulfone groups is 1. The Morgan fingerprint density at radius 3 is 2.45 bits per heavy atom. The van der Waals surface area contributed by atoms with Crippen LogP contribution in [0.2, 0.25) is 0 Å². The number of benzene rings is 2. The van der Waals surface area contributed by atoms with Gasteiger partial charge in [-0.05, 0) is 55.7 Å². The average molecular weight is 531 g/mol. The highest BCUT2D eigenvalue weighted by molar-refractivity contribution is 14.0. The van der Waals surface area contributed by atoms with Gasteiger partial charge < -0.3 is 15.4 Å². The highest BCUT2D eigenvalue weighted by Crippen LogP contribution is 2.16. The Bertz CT molecular complexity index is 946. The number of ether oxygens (including phenoxy) is 1. The molecular weight excluding hydrogens is 501 g/mol. The maximum absolute atomic E-state index is 11.7. The first-order chi connectivity index (χ1) is 13.2. The van der Waals surface area contributed by atoms with E-state index in [0.29, 0.717) is 23.9 Å². The van der Waals surface area contributed by atoms with E-state index in [2.05, 4.69) is 15.6 Å². The van der Waals surface area contributed by atoms with Gasteiger partial charge in [-0.1, -0.05) is 24.3 Å². The van der Waals surface area contributed by atoms with Crippen LogP contribution in [0.5, 0.6) is 5.75 Å². The van der Waals surface area contributed by atoms with E-state index in [4.69, 9.17) is 4.74 Å². The fraction of sp³-hybridized carbons (Fsp3) is 0.381. The number of rotatable bonds is 7. The maximum atomic E-state index is 11.7. The van der Waals surface area contributed by atoms with Gasteiger partial charge in [0.25, 0.3) is 0 Å². The molecule has 2 rings (SSSR count). The van der Waals surface area contributed by atoms with Crippen molar-refractivity contribution in [1.29, 1.82) is 0 Å². The Kier molecular flexibility index (Phi) is 9.91. The van der Waals surface area contributed by atoms with E-state index in [1.807, 2.05) is 50.2 Å². The monoisotopic (exact) mass is 531 g/mol. The molecule has 6 nitrogen and oxygen atoms in total. The maximum Gasteiger partial charge on any atom is 0.191 e. The van der Waals surface area contributed by atoms with Crippen molar-refractivity contribution in [2.24, 2.45) is 4.99 Å². The van der Waals surface area contributed by atoms with Crippen molar-refractivity contribution in [2.45, 2.75) is 38.3 Å². The van der Waals surface area contributed by atoms with Crippen LogP contribution in [0.4, 0.5) is 0 Å². The molecule has 0 saturated carbocycles. The number of aliphatic imine (C=N–C) groups is 1. The smallest absolute Gasteiger partial charge is 0.191 e. The Morgan fingerprint density at radius 1 is 1.14 bits per heavy atom. The standard InChI is InChI=1S/C21H29N3O3S.HI/c1-15-7-6-8-19(11-15)27-17(3)13-23-21(22-4)24-14-18-9-10-20(16(2)12-18)28(5,25)26;/h6-12,17H,13-14H2,1-5H3,(H2,22,23,24);1H. The summed E-state index contributed by atoms with van der Waals surface area (Å²) in [5, 5.41) is 6.48. The van der Waals surface area contributed by atoms with Gasteiger partial charge in [-0.2, -0.15) is 0 Å². The first-order valence-corrected chi connectivity index (χ1v) is 11.1. The van der Waals surface area contributed by atoms with Crippen LogP contribution < -0.4 is 15.4 Å². The van der Waals surface area contributed by atoms with E-state index in [1.54, 1.807) is 20.0 Å². The first kappa shape index (κ1) is 25.2. The largest absolute Gasteiger partial charge is 0.489 e. The molecule has 0 bridgehead atoms. The summed E-state index contributed by atoms with van der Waals surface area (Å²) in [4.78, 5) is 4.58. The molecule has 2 aromatic rings. The summed E-state index contributed by atoms with van der Waals surface area (Å²) in [5.41, 5.74) is 2.88. The summed E-state index contributed by atoms with van der Waals surface area (Å²) in [5.74, 6) is 1.50. The normalized spacial score (nSPS) is 12.7. The molecule has 0 spiro atoms. The van der Waals surface area contributed by atoms with Crippen molar-refractivity contribution in [3.8, 4) is 5.75 Å². The van der Waals surface area contributed by atoms with E-state index in [1.165, 1.54) is 6.26 Å². The minimum atomic E-state index is -3.20. The quantitative estimate of drug-likeness (QED) is 0.325. The Balaban J connectivity index is 0.00000420. The molecule has 0 aromatic heterocycles. The van der Waals surface area contributed by atoms with Gasteiger partial charge in [0.15, 0.2) is 15.8 Å². The third-order valence-corrected chi connectivity index (χ3v) is 5.46. The van der Waals surface area contributed by atoms with Gasteiger partial charge in [0, 0.05) is 19.8 Å². The molecule has 0 radical (unpaired) electrons. The van der Waals surface area contributed by atoms with E-state index in [0.717, 1.165) is 22.4 Å². The predicted molar refractivity (Wildman–Crippen MR) is 129 cm³/mol. The summed E-state index contributed by atoms with van der Waals surface area (Å²) < 4.78 is 29.4. The second-order valence-corrected chi connectivity index (χ2v) is 8.91. The average Bonchev–Trinajstić information content (AvgIpc) is 2.61. The SMILES string of the molecule is CN=C(NCc1ccc(S(C)(=O)=O)c(C)c1)NCC(C)Oc1cccc(C)c1.I. The number of hydrogen-bond donors (Lipinski definition) is 2. The van der Waals surface area contributed by atoms with Crippen molar-refractivity contribution in [3.63, 3.8) is 0 Å². The number of guanidine groups is 1. The Labute approximate surface area is 191 Å².